The third kappa shape index (κ3) is 2.91. The SMILES string of the molecule is CCC(Br)C(=O)Nc1ccc2c(c1)OCCO2. The minimum atomic E-state index is -0.171. The van der Waals surface area contributed by atoms with E-state index in [2.05, 4.69) is 21.2 Å². The molecule has 1 unspecified atom stereocenters. The summed E-state index contributed by atoms with van der Waals surface area (Å²) >= 11 is 3.31. The van der Waals surface area contributed by atoms with Crippen molar-refractivity contribution in [2.75, 3.05) is 18.5 Å². The average molecular weight is 300 g/mol. The molecule has 1 heterocycles. The van der Waals surface area contributed by atoms with Crippen molar-refractivity contribution in [1.82, 2.24) is 0 Å². The van der Waals surface area contributed by atoms with Crippen molar-refractivity contribution >= 4 is 27.5 Å². The zero-order valence-corrected chi connectivity index (χ0v) is 11.1. The third-order valence-electron chi connectivity index (χ3n) is 2.45. The van der Waals surface area contributed by atoms with E-state index in [1.807, 2.05) is 6.92 Å². The van der Waals surface area contributed by atoms with Crippen LogP contribution in [0.1, 0.15) is 13.3 Å². The second-order valence-corrected chi connectivity index (χ2v) is 4.83. The number of alkyl halides is 1. The Morgan fingerprint density at radius 3 is 2.82 bits per heavy atom. The monoisotopic (exact) mass is 299 g/mol. The van der Waals surface area contributed by atoms with Crippen LogP contribution in [0.5, 0.6) is 11.5 Å². The number of halogens is 1. The largest absolute Gasteiger partial charge is 0.486 e. The number of carbonyl (C=O) groups is 1. The normalized spacial score (nSPS) is 15.2. The van der Waals surface area contributed by atoms with Crippen LogP contribution in [0.3, 0.4) is 0 Å². The Hall–Kier alpha value is -1.23. The number of nitrogens with one attached hydrogen (secondary N) is 1. The molecule has 0 aliphatic carbocycles. The van der Waals surface area contributed by atoms with Crippen molar-refractivity contribution in [2.45, 2.75) is 18.2 Å². The molecule has 0 saturated heterocycles. The van der Waals surface area contributed by atoms with E-state index in [1.165, 1.54) is 0 Å². The van der Waals surface area contributed by atoms with Crippen molar-refractivity contribution in [1.29, 1.82) is 0 Å². The molecule has 0 spiro atoms. The van der Waals surface area contributed by atoms with Gasteiger partial charge in [-0.3, -0.25) is 4.79 Å². The number of ether oxygens (including phenoxy) is 2. The first-order chi connectivity index (χ1) is 8.20. The summed E-state index contributed by atoms with van der Waals surface area (Å²) in [6.45, 7) is 3.06. The minimum Gasteiger partial charge on any atom is -0.486 e. The Labute approximate surface area is 108 Å². The number of amides is 1. The van der Waals surface area contributed by atoms with Crippen molar-refractivity contribution in [3.8, 4) is 11.5 Å². The molecule has 0 radical (unpaired) electrons. The summed E-state index contributed by atoms with van der Waals surface area (Å²) in [6, 6.07) is 5.39. The Balaban J connectivity index is 2.09. The fourth-order valence-electron chi connectivity index (χ4n) is 1.53. The van der Waals surface area contributed by atoms with Gasteiger partial charge in [0.2, 0.25) is 5.91 Å². The van der Waals surface area contributed by atoms with E-state index in [-0.39, 0.29) is 10.7 Å². The lowest BCUT2D eigenvalue weighted by Gasteiger charge is -2.19. The maximum atomic E-state index is 11.7. The summed E-state index contributed by atoms with van der Waals surface area (Å²) in [4.78, 5) is 11.5. The molecule has 1 aliphatic rings. The van der Waals surface area contributed by atoms with E-state index in [0.717, 1.165) is 17.9 Å². The first-order valence-electron chi connectivity index (χ1n) is 5.55. The van der Waals surface area contributed by atoms with Crippen LogP contribution in [-0.4, -0.2) is 23.9 Å². The molecule has 0 saturated carbocycles. The summed E-state index contributed by atoms with van der Waals surface area (Å²) in [5.41, 5.74) is 0.720. The van der Waals surface area contributed by atoms with Crippen molar-refractivity contribution in [3.05, 3.63) is 18.2 Å². The van der Waals surface area contributed by atoms with Crippen LogP contribution in [0.25, 0.3) is 0 Å². The lowest BCUT2D eigenvalue weighted by atomic mass is 10.2. The maximum absolute atomic E-state index is 11.7. The number of rotatable bonds is 3. The Morgan fingerprint density at radius 1 is 1.41 bits per heavy atom. The van der Waals surface area contributed by atoms with Gasteiger partial charge in [0.15, 0.2) is 11.5 Å². The number of hydrogen-bond acceptors (Lipinski definition) is 3. The van der Waals surface area contributed by atoms with Gasteiger partial charge in [-0.1, -0.05) is 22.9 Å². The topological polar surface area (TPSA) is 47.6 Å². The van der Waals surface area contributed by atoms with E-state index in [9.17, 15) is 4.79 Å². The van der Waals surface area contributed by atoms with Gasteiger partial charge in [0.1, 0.15) is 13.2 Å². The minimum absolute atomic E-state index is 0.0517. The molecule has 4 nitrogen and oxygen atoms in total. The molecule has 2 rings (SSSR count). The number of fused-ring (bicyclic) bond motifs is 1. The zero-order valence-electron chi connectivity index (χ0n) is 9.53. The highest BCUT2D eigenvalue weighted by molar-refractivity contribution is 9.10. The summed E-state index contributed by atoms with van der Waals surface area (Å²) < 4.78 is 10.8. The van der Waals surface area contributed by atoms with Crippen molar-refractivity contribution in [3.63, 3.8) is 0 Å². The van der Waals surface area contributed by atoms with Gasteiger partial charge in [0, 0.05) is 11.8 Å². The maximum Gasteiger partial charge on any atom is 0.238 e. The van der Waals surface area contributed by atoms with Gasteiger partial charge < -0.3 is 14.8 Å². The number of benzene rings is 1. The van der Waals surface area contributed by atoms with E-state index < -0.39 is 0 Å². The molecule has 1 aromatic rings. The van der Waals surface area contributed by atoms with Gasteiger partial charge >= 0.3 is 0 Å². The Bertz CT molecular complexity index is 422. The lowest BCUT2D eigenvalue weighted by molar-refractivity contribution is -0.115. The molecule has 1 aromatic carbocycles. The fraction of sp³-hybridized carbons (Fsp3) is 0.417. The van der Waals surface area contributed by atoms with Gasteiger partial charge in [0.25, 0.3) is 0 Å². The predicted molar refractivity (Wildman–Crippen MR) is 69.1 cm³/mol. The molecular weight excluding hydrogens is 286 g/mol. The highest BCUT2D eigenvalue weighted by Gasteiger charge is 2.15. The van der Waals surface area contributed by atoms with E-state index in [0.29, 0.717) is 19.0 Å². The van der Waals surface area contributed by atoms with Gasteiger partial charge in [-0.25, -0.2) is 0 Å². The van der Waals surface area contributed by atoms with Gasteiger partial charge in [-0.15, -0.1) is 0 Å². The molecule has 1 atom stereocenters. The first kappa shape index (κ1) is 12.2. The van der Waals surface area contributed by atoms with Crippen molar-refractivity contribution in [2.24, 2.45) is 0 Å². The smallest absolute Gasteiger partial charge is 0.238 e. The molecular formula is C12H14BrNO3. The number of carbonyl (C=O) groups excluding carboxylic acids is 1. The van der Waals surface area contributed by atoms with E-state index >= 15 is 0 Å². The Kier molecular flexibility index (Phi) is 3.89. The summed E-state index contributed by atoms with van der Waals surface area (Å²) in [5, 5.41) is 2.82. The average Bonchev–Trinajstić information content (AvgIpc) is 2.37. The number of hydrogen-bond donors (Lipinski definition) is 1. The quantitative estimate of drug-likeness (QED) is 0.873. The second-order valence-electron chi connectivity index (χ2n) is 3.72. The van der Waals surface area contributed by atoms with Gasteiger partial charge in [-0.2, -0.15) is 0 Å². The molecule has 0 fully saturated rings. The van der Waals surface area contributed by atoms with Crippen LogP contribution in [-0.2, 0) is 4.79 Å². The molecule has 5 heteroatoms. The fourth-order valence-corrected chi connectivity index (χ4v) is 1.64. The van der Waals surface area contributed by atoms with Crippen LogP contribution >= 0.6 is 15.9 Å². The standard InChI is InChI=1S/C12H14BrNO3/c1-2-9(13)12(15)14-8-3-4-10-11(7-8)17-6-5-16-10/h3-4,7,9H,2,5-6H2,1H3,(H,14,15). The first-order valence-corrected chi connectivity index (χ1v) is 6.47. The van der Waals surface area contributed by atoms with Crippen LogP contribution in [0.15, 0.2) is 18.2 Å². The van der Waals surface area contributed by atoms with Gasteiger partial charge in [0.05, 0.1) is 4.83 Å². The summed E-state index contributed by atoms with van der Waals surface area (Å²) in [6.07, 6.45) is 0.746. The van der Waals surface area contributed by atoms with E-state index in [1.54, 1.807) is 18.2 Å². The molecule has 1 aliphatic heterocycles. The lowest BCUT2D eigenvalue weighted by Crippen LogP contribution is -2.22. The van der Waals surface area contributed by atoms with Crippen LogP contribution in [0, 0.1) is 0 Å². The molecule has 17 heavy (non-hydrogen) atoms. The molecule has 0 bridgehead atoms. The van der Waals surface area contributed by atoms with Crippen molar-refractivity contribution < 1.29 is 14.3 Å². The molecule has 92 valence electrons. The Morgan fingerprint density at radius 2 is 2.12 bits per heavy atom. The highest BCUT2D eigenvalue weighted by atomic mass is 79.9. The van der Waals surface area contributed by atoms with Crippen LogP contribution < -0.4 is 14.8 Å². The molecule has 1 amide bonds. The second kappa shape index (κ2) is 5.40. The summed E-state index contributed by atoms with van der Waals surface area (Å²) in [7, 11) is 0. The van der Waals surface area contributed by atoms with Gasteiger partial charge in [-0.05, 0) is 18.6 Å². The third-order valence-corrected chi connectivity index (χ3v) is 3.52. The molecule has 0 aromatic heterocycles. The molecule has 1 N–H and O–H groups in total. The number of anilines is 1. The van der Waals surface area contributed by atoms with Crippen LogP contribution in [0.4, 0.5) is 5.69 Å². The van der Waals surface area contributed by atoms with Crippen LogP contribution in [0.2, 0.25) is 0 Å². The van der Waals surface area contributed by atoms with E-state index in [4.69, 9.17) is 9.47 Å². The zero-order chi connectivity index (χ0) is 12.3. The highest BCUT2D eigenvalue weighted by Crippen LogP contribution is 2.32. The summed E-state index contributed by atoms with van der Waals surface area (Å²) in [5.74, 6) is 1.35. The predicted octanol–water partition coefficient (Wildman–Crippen LogP) is 2.57.